The van der Waals surface area contributed by atoms with E-state index in [1.54, 1.807) is 30.6 Å². The molecule has 0 unspecified atom stereocenters. The Morgan fingerprint density at radius 1 is 1.04 bits per heavy atom. The van der Waals surface area contributed by atoms with Crippen molar-refractivity contribution in [2.24, 2.45) is 0 Å². The number of nitrogens with zero attached hydrogens (tertiary/aromatic N) is 2. The molecule has 1 aromatic heterocycles. The second kappa shape index (κ2) is 6.58. The number of carbonyl (C=O) groups excluding carboxylic acids is 1. The third-order valence-electron chi connectivity index (χ3n) is 3.38. The average Bonchev–Trinajstić information content (AvgIpc) is 2.56. The zero-order valence-corrected chi connectivity index (χ0v) is 13.2. The van der Waals surface area contributed by atoms with Gasteiger partial charge in [0, 0.05) is 16.1 Å². The number of hydrogen-bond acceptors (Lipinski definition) is 3. The normalized spacial score (nSPS) is 10.3. The first-order chi connectivity index (χ1) is 11.1. The summed E-state index contributed by atoms with van der Waals surface area (Å²) in [6, 6.07) is 14.7. The van der Waals surface area contributed by atoms with Crippen LogP contribution in [0, 0.1) is 6.92 Å². The second-order valence-electron chi connectivity index (χ2n) is 5.07. The number of nitrogens with one attached hydrogen (secondary N) is 1. The second-order valence-corrected chi connectivity index (χ2v) is 5.51. The number of anilines is 1. The summed E-state index contributed by atoms with van der Waals surface area (Å²) >= 11 is 5.96. The van der Waals surface area contributed by atoms with Crippen LogP contribution in [0.1, 0.15) is 15.9 Å². The van der Waals surface area contributed by atoms with Crippen LogP contribution in [0.5, 0.6) is 0 Å². The molecule has 114 valence electrons. The Bertz CT molecular complexity index is 847. The summed E-state index contributed by atoms with van der Waals surface area (Å²) in [6.45, 7) is 1.90. The van der Waals surface area contributed by atoms with Gasteiger partial charge in [0.05, 0.1) is 18.1 Å². The Balaban J connectivity index is 1.78. The SMILES string of the molecule is Cc1ccccc1C(=O)Nc1cnc(-c2cccc(Cl)c2)nc1. The number of carbonyl (C=O) groups is 1. The lowest BCUT2D eigenvalue weighted by Gasteiger charge is -2.07. The van der Waals surface area contributed by atoms with Crippen molar-refractivity contribution in [2.75, 3.05) is 5.32 Å². The van der Waals surface area contributed by atoms with E-state index in [2.05, 4.69) is 15.3 Å². The van der Waals surface area contributed by atoms with Crippen molar-refractivity contribution >= 4 is 23.2 Å². The molecule has 0 aliphatic heterocycles. The number of halogens is 1. The predicted molar refractivity (Wildman–Crippen MR) is 91.6 cm³/mol. The maximum absolute atomic E-state index is 12.3. The Labute approximate surface area is 139 Å². The molecule has 1 heterocycles. The van der Waals surface area contributed by atoms with Gasteiger partial charge < -0.3 is 5.32 Å². The average molecular weight is 324 g/mol. The highest BCUT2D eigenvalue weighted by molar-refractivity contribution is 6.30. The van der Waals surface area contributed by atoms with Gasteiger partial charge in [0.1, 0.15) is 0 Å². The van der Waals surface area contributed by atoms with Crippen LogP contribution < -0.4 is 5.32 Å². The first-order valence-electron chi connectivity index (χ1n) is 7.08. The molecule has 0 atom stereocenters. The van der Waals surface area contributed by atoms with E-state index in [0.29, 0.717) is 22.1 Å². The fourth-order valence-corrected chi connectivity index (χ4v) is 2.39. The van der Waals surface area contributed by atoms with Gasteiger partial charge in [0.25, 0.3) is 5.91 Å². The third-order valence-corrected chi connectivity index (χ3v) is 3.62. The van der Waals surface area contributed by atoms with E-state index in [9.17, 15) is 4.79 Å². The molecule has 1 N–H and O–H groups in total. The highest BCUT2D eigenvalue weighted by Crippen LogP contribution is 2.20. The minimum absolute atomic E-state index is 0.179. The van der Waals surface area contributed by atoms with E-state index in [1.807, 2.05) is 37.3 Å². The van der Waals surface area contributed by atoms with Crippen LogP contribution in [0.2, 0.25) is 5.02 Å². The highest BCUT2D eigenvalue weighted by Gasteiger charge is 2.09. The molecule has 2 aromatic carbocycles. The van der Waals surface area contributed by atoms with E-state index >= 15 is 0 Å². The van der Waals surface area contributed by atoms with Crippen molar-refractivity contribution in [1.82, 2.24) is 9.97 Å². The lowest BCUT2D eigenvalue weighted by Crippen LogP contribution is -2.13. The van der Waals surface area contributed by atoms with Crippen molar-refractivity contribution in [3.63, 3.8) is 0 Å². The summed E-state index contributed by atoms with van der Waals surface area (Å²) in [7, 11) is 0. The molecule has 5 heteroatoms. The Kier molecular flexibility index (Phi) is 4.35. The van der Waals surface area contributed by atoms with Gasteiger partial charge in [-0.3, -0.25) is 4.79 Å². The lowest BCUT2D eigenvalue weighted by molar-refractivity contribution is 0.102. The van der Waals surface area contributed by atoms with E-state index < -0.39 is 0 Å². The Morgan fingerprint density at radius 3 is 2.48 bits per heavy atom. The summed E-state index contributed by atoms with van der Waals surface area (Å²) in [5, 5.41) is 3.43. The quantitative estimate of drug-likeness (QED) is 0.779. The van der Waals surface area contributed by atoms with Gasteiger partial charge in [-0.1, -0.05) is 41.9 Å². The van der Waals surface area contributed by atoms with Gasteiger partial charge in [0.15, 0.2) is 5.82 Å². The molecule has 0 fully saturated rings. The van der Waals surface area contributed by atoms with E-state index in [1.165, 1.54) is 0 Å². The van der Waals surface area contributed by atoms with Crippen LogP contribution in [-0.4, -0.2) is 15.9 Å². The molecule has 3 rings (SSSR count). The first kappa shape index (κ1) is 15.2. The van der Waals surface area contributed by atoms with Crippen molar-refractivity contribution in [2.45, 2.75) is 6.92 Å². The number of rotatable bonds is 3. The molecule has 0 aliphatic carbocycles. The molecular formula is C18H14ClN3O. The van der Waals surface area contributed by atoms with Crippen LogP contribution >= 0.6 is 11.6 Å². The molecule has 0 saturated heterocycles. The number of benzene rings is 2. The molecule has 0 aliphatic rings. The van der Waals surface area contributed by atoms with Crippen LogP contribution in [0.25, 0.3) is 11.4 Å². The summed E-state index contributed by atoms with van der Waals surface area (Å²) in [5.41, 5.74) is 2.92. The van der Waals surface area contributed by atoms with Crippen molar-refractivity contribution < 1.29 is 4.79 Å². The largest absolute Gasteiger partial charge is 0.319 e. The molecule has 0 bridgehead atoms. The van der Waals surface area contributed by atoms with E-state index in [4.69, 9.17) is 11.6 Å². The number of hydrogen-bond donors (Lipinski definition) is 1. The van der Waals surface area contributed by atoms with Crippen LogP contribution in [0.3, 0.4) is 0 Å². The molecule has 0 radical (unpaired) electrons. The van der Waals surface area contributed by atoms with E-state index in [0.717, 1.165) is 11.1 Å². The third kappa shape index (κ3) is 3.55. The van der Waals surface area contributed by atoms with Crippen LogP contribution in [0.4, 0.5) is 5.69 Å². The fraction of sp³-hybridized carbons (Fsp3) is 0.0556. The van der Waals surface area contributed by atoms with Gasteiger partial charge >= 0.3 is 0 Å². The molecule has 0 spiro atoms. The monoisotopic (exact) mass is 323 g/mol. The zero-order chi connectivity index (χ0) is 16.2. The number of aryl methyl sites for hydroxylation is 1. The number of amides is 1. The van der Waals surface area contributed by atoms with Crippen molar-refractivity contribution in [3.8, 4) is 11.4 Å². The zero-order valence-electron chi connectivity index (χ0n) is 12.5. The lowest BCUT2D eigenvalue weighted by atomic mass is 10.1. The standard InChI is InChI=1S/C18H14ClN3O/c1-12-5-2-3-8-16(12)18(23)22-15-10-20-17(21-11-15)13-6-4-7-14(19)9-13/h2-11H,1H3,(H,22,23). The summed E-state index contributed by atoms with van der Waals surface area (Å²) < 4.78 is 0. The van der Waals surface area contributed by atoms with Gasteiger partial charge in [0.2, 0.25) is 0 Å². The Hall–Kier alpha value is -2.72. The van der Waals surface area contributed by atoms with Gasteiger partial charge in [-0.2, -0.15) is 0 Å². The minimum Gasteiger partial charge on any atom is -0.319 e. The van der Waals surface area contributed by atoms with E-state index in [-0.39, 0.29) is 5.91 Å². The van der Waals surface area contributed by atoms with Gasteiger partial charge in [-0.25, -0.2) is 9.97 Å². The van der Waals surface area contributed by atoms with Crippen molar-refractivity contribution in [3.05, 3.63) is 77.1 Å². The molecule has 3 aromatic rings. The van der Waals surface area contributed by atoms with Crippen molar-refractivity contribution in [1.29, 1.82) is 0 Å². The minimum atomic E-state index is -0.179. The topological polar surface area (TPSA) is 54.9 Å². The molecule has 4 nitrogen and oxygen atoms in total. The summed E-state index contributed by atoms with van der Waals surface area (Å²) in [6.07, 6.45) is 3.17. The summed E-state index contributed by atoms with van der Waals surface area (Å²) in [5.74, 6) is 0.378. The van der Waals surface area contributed by atoms with Crippen LogP contribution in [0.15, 0.2) is 60.9 Å². The highest BCUT2D eigenvalue weighted by atomic mass is 35.5. The number of aromatic nitrogens is 2. The maximum Gasteiger partial charge on any atom is 0.256 e. The molecule has 23 heavy (non-hydrogen) atoms. The van der Waals surface area contributed by atoms with Crippen LogP contribution in [-0.2, 0) is 0 Å². The molecule has 1 amide bonds. The summed E-state index contributed by atoms with van der Waals surface area (Å²) in [4.78, 5) is 20.8. The predicted octanol–water partition coefficient (Wildman–Crippen LogP) is 4.36. The first-order valence-corrected chi connectivity index (χ1v) is 7.46. The molecule has 0 saturated carbocycles. The Morgan fingerprint density at radius 2 is 1.78 bits per heavy atom. The smallest absolute Gasteiger partial charge is 0.256 e. The van der Waals surface area contributed by atoms with Gasteiger partial charge in [-0.05, 0) is 30.7 Å². The van der Waals surface area contributed by atoms with Gasteiger partial charge in [-0.15, -0.1) is 0 Å². The fourth-order valence-electron chi connectivity index (χ4n) is 2.20. The maximum atomic E-state index is 12.3. The molecular weight excluding hydrogens is 310 g/mol.